The highest BCUT2D eigenvalue weighted by Gasteiger charge is 2.15. The van der Waals surface area contributed by atoms with Gasteiger partial charge in [-0.05, 0) is 12.1 Å². The molecule has 1 aromatic carbocycles. The second-order valence-corrected chi connectivity index (χ2v) is 4.41. The fraction of sp³-hybridized carbons (Fsp3) is 0.214. The molecule has 1 aromatic heterocycles. The summed E-state index contributed by atoms with van der Waals surface area (Å²) in [5, 5.41) is 11.9. The van der Waals surface area contributed by atoms with Gasteiger partial charge in [-0.15, -0.1) is 0 Å². The molecule has 0 aliphatic carbocycles. The summed E-state index contributed by atoms with van der Waals surface area (Å²) in [6.07, 6.45) is 1.54. The molecule has 0 N–H and O–H groups in total. The summed E-state index contributed by atoms with van der Waals surface area (Å²) < 4.78 is 0. The molecule has 0 saturated heterocycles. The van der Waals surface area contributed by atoms with Crippen LogP contribution in [0.2, 0.25) is 0 Å². The van der Waals surface area contributed by atoms with Crippen molar-refractivity contribution in [3.63, 3.8) is 0 Å². The number of aromatic nitrogens is 1. The smallest absolute Gasteiger partial charge is 0.250 e. The van der Waals surface area contributed by atoms with Crippen LogP contribution in [0.5, 0.6) is 0 Å². The molecule has 0 amide bonds. The molecular weight excluding hydrogens is 228 g/mol. The molecule has 2 rings (SSSR count). The summed E-state index contributed by atoms with van der Waals surface area (Å²) in [6.45, 7) is 3.60. The van der Waals surface area contributed by atoms with Gasteiger partial charge in [-0.1, -0.05) is 38.1 Å². The average Bonchev–Trinajstić information content (AvgIpc) is 2.35. The number of pyridine rings is 1. The van der Waals surface area contributed by atoms with Crippen LogP contribution < -0.4 is 0 Å². The molecule has 0 aliphatic rings. The third-order valence-electron chi connectivity index (χ3n) is 2.72. The Kier molecular flexibility index (Phi) is 3.37. The number of rotatable bonds is 3. The minimum atomic E-state index is -0.346. The van der Waals surface area contributed by atoms with Crippen LogP contribution in [-0.2, 0) is 0 Å². The van der Waals surface area contributed by atoms with Crippen LogP contribution in [0.4, 0.5) is 0 Å². The third kappa shape index (κ3) is 2.53. The molecule has 1 heterocycles. The van der Waals surface area contributed by atoms with Crippen LogP contribution in [0.3, 0.4) is 0 Å². The van der Waals surface area contributed by atoms with Crippen LogP contribution in [0.15, 0.2) is 42.1 Å². The zero-order valence-electron chi connectivity index (χ0n) is 10.3. The molecule has 4 nitrogen and oxygen atoms in total. The van der Waals surface area contributed by atoms with Crippen LogP contribution in [0, 0.1) is 16.0 Å². The Morgan fingerprint density at radius 3 is 2.67 bits per heavy atom. The largest absolute Gasteiger partial charge is 0.259 e. The van der Waals surface area contributed by atoms with Gasteiger partial charge in [0.2, 0.25) is 0 Å². The van der Waals surface area contributed by atoms with Gasteiger partial charge >= 0.3 is 0 Å². The van der Waals surface area contributed by atoms with Gasteiger partial charge in [-0.3, -0.25) is 10.1 Å². The first-order valence-electron chi connectivity index (χ1n) is 5.79. The Hall–Kier alpha value is -2.23. The highest BCUT2D eigenvalue weighted by atomic mass is 16.6. The summed E-state index contributed by atoms with van der Waals surface area (Å²) in [5.41, 5.74) is 1.64. The Labute approximate surface area is 105 Å². The maximum atomic E-state index is 10.9. The first-order chi connectivity index (χ1) is 8.58. The summed E-state index contributed by atoms with van der Waals surface area (Å²) in [7, 11) is 0. The SMILES string of the molecule is CC(C)/C(=C/c1ccc2ccccc2n1)[N+](=O)[O-]. The quantitative estimate of drug-likeness (QED) is 0.611. The molecule has 0 radical (unpaired) electrons. The Morgan fingerprint density at radius 2 is 2.00 bits per heavy atom. The van der Waals surface area contributed by atoms with Gasteiger partial charge in [0.25, 0.3) is 5.70 Å². The van der Waals surface area contributed by atoms with Crippen molar-refractivity contribution in [1.29, 1.82) is 0 Å². The Bertz CT molecular complexity index is 618. The predicted molar refractivity (Wildman–Crippen MR) is 71.6 cm³/mol. The lowest BCUT2D eigenvalue weighted by Crippen LogP contribution is -2.05. The van der Waals surface area contributed by atoms with Gasteiger partial charge in [-0.25, -0.2) is 4.98 Å². The van der Waals surface area contributed by atoms with Crippen molar-refractivity contribution in [2.45, 2.75) is 13.8 Å². The van der Waals surface area contributed by atoms with Crippen LogP contribution in [-0.4, -0.2) is 9.91 Å². The van der Waals surface area contributed by atoms with Gasteiger partial charge in [0.05, 0.1) is 16.1 Å². The van der Waals surface area contributed by atoms with Crippen molar-refractivity contribution in [3.05, 3.63) is 57.9 Å². The molecule has 2 aromatic rings. The van der Waals surface area contributed by atoms with Crippen LogP contribution >= 0.6 is 0 Å². The Balaban J connectivity index is 2.48. The average molecular weight is 242 g/mol. The minimum absolute atomic E-state index is 0.131. The second-order valence-electron chi connectivity index (χ2n) is 4.41. The minimum Gasteiger partial charge on any atom is -0.259 e. The molecule has 0 aliphatic heterocycles. The van der Waals surface area contributed by atoms with E-state index in [1.165, 1.54) is 6.08 Å². The molecule has 4 heteroatoms. The number of nitro groups is 1. The molecule has 18 heavy (non-hydrogen) atoms. The van der Waals surface area contributed by atoms with Crippen molar-refractivity contribution in [2.75, 3.05) is 0 Å². The molecular formula is C14H14N2O2. The third-order valence-corrected chi connectivity index (χ3v) is 2.72. The Morgan fingerprint density at radius 1 is 1.28 bits per heavy atom. The number of fused-ring (bicyclic) bond motifs is 1. The fourth-order valence-electron chi connectivity index (χ4n) is 1.74. The number of allylic oxidation sites excluding steroid dienone is 1. The summed E-state index contributed by atoms with van der Waals surface area (Å²) in [6, 6.07) is 11.4. The predicted octanol–water partition coefficient (Wildman–Crippen LogP) is 3.51. The summed E-state index contributed by atoms with van der Waals surface area (Å²) in [5.74, 6) is -0.131. The van der Waals surface area contributed by atoms with E-state index < -0.39 is 0 Å². The standard InChI is InChI=1S/C14H14N2O2/c1-10(2)14(16(17)18)9-12-8-7-11-5-3-4-6-13(11)15-12/h3-10H,1-2H3/b14-9-. The normalized spacial score (nSPS) is 12.1. The fourth-order valence-corrected chi connectivity index (χ4v) is 1.74. The molecule has 0 atom stereocenters. The van der Waals surface area contributed by atoms with Gasteiger partial charge in [-0.2, -0.15) is 0 Å². The van der Waals surface area contributed by atoms with E-state index >= 15 is 0 Å². The van der Waals surface area contributed by atoms with E-state index in [2.05, 4.69) is 4.98 Å². The lowest BCUT2D eigenvalue weighted by molar-refractivity contribution is -0.431. The van der Waals surface area contributed by atoms with E-state index in [0.717, 1.165) is 10.9 Å². The molecule has 92 valence electrons. The topological polar surface area (TPSA) is 56.0 Å². The van der Waals surface area contributed by atoms with E-state index in [1.54, 1.807) is 19.9 Å². The van der Waals surface area contributed by atoms with Crippen molar-refractivity contribution >= 4 is 17.0 Å². The number of para-hydroxylation sites is 1. The highest BCUT2D eigenvalue weighted by molar-refractivity contribution is 5.79. The lowest BCUT2D eigenvalue weighted by atomic mass is 10.1. The van der Waals surface area contributed by atoms with Crippen molar-refractivity contribution in [2.24, 2.45) is 5.92 Å². The van der Waals surface area contributed by atoms with E-state index in [9.17, 15) is 10.1 Å². The van der Waals surface area contributed by atoms with E-state index in [0.29, 0.717) is 5.69 Å². The first kappa shape index (κ1) is 12.2. The number of nitrogens with zero attached hydrogens (tertiary/aromatic N) is 2. The van der Waals surface area contributed by atoms with Crippen molar-refractivity contribution in [1.82, 2.24) is 4.98 Å². The van der Waals surface area contributed by atoms with Crippen LogP contribution in [0.25, 0.3) is 17.0 Å². The molecule has 0 saturated carbocycles. The summed E-state index contributed by atoms with van der Waals surface area (Å²) >= 11 is 0. The van der Waals surface area contributed by atoms with E-state index in [1.807, 2.05) is 30.3 Å². The van der Waals surface area contributed by atoms with Gasteiger partial charge < -0.3 is 0 Å². The molecule has 0 fully saturated rings. The first-order valence-corrected chi connectivity index (χ1v) is 5.79. The van der Waals surface area contributed by atoms with Gasteiger partial charge in [0.15, 0.2) is 0 Å². The molecule has 0 unspecified atom stereocenters. The molecule has 0 spiro atoms. The number of benzene rings is 1. The summed E-state index contributed by atoms with van der Waals surface area (Å²) in [4.78, 5) is 15.0. The molecule has 0 bridgehead atoms. The van der Waals surface area contributed by atoms with Crippen molar-refractivity contribution < 1.29 is 4.92 Å². The number of hydrogen-bond acceptors (Lipinski definition) is 3. The zero-order chi connectivity index (χ0) is 13.1. The van der Waals surface area contributed by atoms with Crippen LogP contribution in [0.1, 0.15) is 19.5 Å². The van der Waals surface area contributed by atoms with Gasteiger partial charge in [0, 0.05) is 17.4 Å². The second kappa shape index (κ2) is 4.96. The zero-order valence-corrected chi connectivity index (χ0v) is 10.3. The van der Waals surface area contributed by atoms with E-state index in [-0.39, 0.29) is 16.5 Å². The van der Waals surface area contributed by atoms with Crippen molar-refractivity contribution in [3.8, 4) is 0 Å². The lowest BCUT2D eigenvalue weighted by Gasteiger charge is -2.02. The highest BCUT2D eigenvalue weighted by Crippen LogP contribution is 2.17. The maximum absolute atomic E-state index is 10.9. The van der Waals surface area contributed by atoms with Gasteiger partial charge in [0.1, 0.15) is 0 Å². The monoisotopic (exact) mass is 242 g/mol. The maximum Gasteiger partial charge on any atom is 0.250 e. The number of hydrogen-bond donors (Lipinski definition) is 0. The van der Waals surface area contributed by atoms with E-state index in [4.69, 9.17) is 0 Å².